The lowest BCUT2D eigenvalue weighted by Crippen LogP contribution is -2.39. The molecule has 1 aliphatic heterocycles. The lowest BCUT2D eigenvalue weighted by atomic mass is 10.1. The number of hydrogen-bond acceptors (Lipinski definition) is 4. The summed E-state index contributed by atoms with van der Waals surface area (Å²) in [5, 5.41) is 0.584. The molecule has 0 spiro atoms. The van der Waals surface area contributed by atoms with Crippen LogP contribution in [0.25, 0.3) is 0 Å². The van der Waals surface area contributed by atoms with Crippen LogP contribution in [-0.4, -0.2) is 53.9 Å². The molecule has 25 heavy (non-hydrogen) atoms. The van der Waals surface area contributed by atoms with E-state index in [1.54, 1.807) is 48.1 Å². The molecule has 0 unspecified atom stereocenters. The van der Waals surface area contributed by atoms with Gasteiger partial charge in [0.25, 0.3) is 0 Å². The Kier molecular flexibility index (Phi) is 6.53. The second-order valence-electron chi connectivity index (χ2n) is 5.87. The number of ketones is 2. The van der Waals surface area contributed by atoms with Crippen LogP contribution in [-0.2, 0) is 11.8 Å². The second-order valence-corrected chi connectivity index (χ2v) is 6.31. The van der Waals surface area contributed by atoms with Gasteiger partial charge in [-0.05, 0) is 30.3 Å². The van der Waals surface area contributed by atoms with E-state index in [2.05, 4.69) is 4.90 Å². The van der Waals surface area contributed by atoms with Crippen molar-refractivity contribution >= 4 is 23.2 Å². The largest absolute Gasteiger partial charge is 0.379 e. The van der Waals surface area contributed by atoms with Crippen molar-refractivity contribution in [3.05, 3.63) is 58.4 Å². The average Bonchev–Trinajstić information content (AvgIpc) is 2.98. The summed E-state index contributed by atoms with van der Waals surface area (Å²) in [5.74, 6) is -0.109. The Labute approximate surface area is 153 Å². The zero-order valence-corrected chi connectivity index (χ0v) is 14.3. The summed E-state index contributed by atoms with van der Waals surface area (Å²) in [5.41, 5.74) is 1.60. The fraction of sp³-hybridized carbons (Fsp3) is 0.368. The maximum absolute atomic E-state index is 12.5. The maximum atomic E-state index is 12.5. The molecule has 0 aliphatic carbocycles. The summed E-state index contributed by atoms with van der Waals surface area (Å²) in [6, 6.07) is 8.41. The van der Waals surface area contributed by atoms with Gasteiger partial charge in [-0.2, -0.15) is 0 Å². The number of morpholine rings is 1. The third kappa shape index (κ3) is 4.57. The quantitative estimate of drug-likeness (QED) is 0.767. The Morgan fingerprint density at radius 1 is 1.12 bits per heavy atom. The van der Waals surface area contributed by atoms with Crippen molar-refractivity contribution in [3.63, 3.8) is 0 Å². The monoisotopic (exact) mass is 362 g/mol. The number of rotatable bonds is 5. The first kappa shape index (κ1) is 19.4. The van der Waals surface area contributed by atoms with Crippen LogP contribution in [0.15, 0.2) is 36.5 Å². The van der Waals surface area contributed by atoms with Gasteiger partial charge < -0.3 is 9.30 Å². The van der Waals surface area contributed by atoms with Gasteiger partial charge in [-0.1, -0.05) is 19.0 Å². The summed E-state index contributed by atoms with van der Waals surface area (Å²) in [7, 11) is 1.78. The first-order valence-corrected chi connectivity index (χ1v) is 8.22. The topological polar surface area (TPSA) is 51.5 Å². The molecule has 0 bridgehead atoms. The normalized spacial score (nSPS) is 14.8. The second kappa shape index (κ2) is 8.43. The molecule has 1 fully saturated rings. The number of aromatic nitrogens is 1. The summed E-state index contributed by atoms with van der Waals surface area (Å²) >= 11 is 5.85. The molecule has 1 aromatic carbocycles. The third-order valence-corrected chi connectivity index (χ3v) is 4.38. The molecule has 2 aromatic rings. The maximum Gasteiger partial charge on any atom is 0.194 e. The Bertz CT molecular complexity index is 747. The summed E-state index contributed by atoms with van der Waals surface area (Å²) in [6.07, 6.45) is 1.70. The fourth-order valence-electron chi connectivity index (χ4n) is 2.78. The van der Waals surface area contributed by atoms with Crippen LogP contribution in [0, 0.1) is 0 Å². The molecule has 1 aromatic heterocycles. The minimum Gasteiger partial charge on any atom is -0.379 e. The van der Waals surface area contributed by atoms with Gasteiger partial charge in [-0.15, -0.1) is 0 Å². The van der Waals surface area contributed by atoms with Gasteiger partial charge >= 0.3 is 0 Å². The van der Waals surface area contributed by atoms with Gasteiger partial charge in [0.2, 0.25) is 0 Å². The van der Waals surface area contributed by atoms with E-state index in [1.165, 1.54) is 0 Å². The number of benzene rings is 1. The fourth-order valence-corrected chi connectivity index (χ4v) is 2.90. The highest BCUT2D eigenvalue weighted by molar-refractivity contribution is 6.30. The summed E-state index contributed by atoms with van der Waals surface area (Å²) < 4.78 is 7.01. The number of ether oxygens (including phenoxy) is 1. The van der Waals surface area contributed by atoms with Crippen molar-refractivity contribution in [1.29, 1.82) is 0 Å². The zero-order chi connectivity index (χ0) is 17.1. The van der Waals surface area contributed by atoms with E-state index in [9.17, 15) is 9.59 Å². The molecule has 1 aliphatic rings. The van der Waals surface area contributed by atoms with Crippen LogP contribution >= 0.6 is 11.6 Å². The Balaban J connectivity index is 0.00000225. The number of carbonyl (C=O) groups excluding carboxylic acids is 2. The number of carbonyl (C=O) groups is 2. The van der Waals surface area contributed by atoms with Gasteiger partial charge in [-0.3, -0.25) is 14.5 Å². The van der Waals surface area contributed by atoms with Crippen molar-refractivity contribution in [2.24, 2.45) is 7.05 Å². The number of aryl methyl sites for hydroxylation is 1. The molecule has 0 saturated carbocycles. The molecule has 6 heteroatoms. The predicted molar refractivity (Wildman–Crippen MR) is 98.6 cm³/mol. The highest BCUT2D eigenvalue weighted by atomic mass is 35.5. The van der Waals surface area contributed by atoms with Crippen molar-refractivity contribution < 1.29 is 14.3 Å². The Morgan fingerprint density at radius 2 is 1.76 bits per heavy atom. The van der Waals surface area contributed by atoms with Crippen molar-refractivity contribution in [1.82, 2.24) is 9.47 Å². The minimum absolute atomic E-state index is 0. The van der Waals surface area contributed by atoms with Crippen LogP contribution in [0.3, 0.4) is 0 Å². The van der Waals surface area contributed by atoms with E-state index in [-0.39, 0.29) is 19.0 Å². The molecule has 5 nitrogen and oxygen atoms in total. The van der Waals surface area contributed by atoms with E-state index in [4.69, 9.17) is 16.3 Å². The van der Waals surface area contributed by atoms with Crippen LogP contribution in [0.2, 0.25) is 5.02 Å². The minimum atomic E-state index is -0.118. The molecule has 2 heterocycles. The SMILES string of the molecule is C.Cn1cc(C(=O)c2ccc(Cl)cc2)cc1C(=O)CN1CCOCC1. The van der Waals surface area contributed by atoms with E-state index >= 15 is 0 Å². The van der Waals surface area contributed by atoms with Crippen LogP contribution in [0.1, 0.15) is 33.8 Å². The molecule has 0 amide bonds. The van der Waals surface area contributed by atoms with Gasteiger partial charge in [0, 0.05) is 42.5 Å². The molecular weight excluding hydrogens is 340 g/mol. The third-order valence-electron chi connectivity index (χ3n) is 4.13. The van der Waals surface area contributed by atoms with E-state index < -0.39 is 0 Å². The number of hydrogen-bond donors (Lipinski definition) is 0. The lowest BCUT2D eigenvalue weighted by Gasteiger charge is -2.25. The van der Waals surface area contributed by atoms with Crippen molar-refractivity contribution in [3.8, 4) is 0 Å². The molecule has 134 valence electrons. The number of nitrogens with zero attached hydrogens (tertiary/aromatic N) is 2. The van der Waals surface area contributed by atoms with Gasteiger partial charge in [-0.25, -0.2) is 0 Å². The van der Waals surface area contributed by atoms with Crippen molar-refractivity contribution in [2.75, 3.05) is 32.8 Å². The highest BCUT2D eigenvalue weighted by Crippen LogP contribution is 2.16. The standard InChI is InChI=1S/C18H19ClN2O3.CH4/c1-20-11-14(18(23)13-2-4-15(19)5-3-13)10-16(20)17(22)12-21-6-8-24-9-7-21;/h2-5,10-11H,6-9,12H2,1H3;1H4. The predicted octanol–water partition coefficient (Wildman–Crippen LogP) is 3.06. The number of halogens is 1. The first-order chi connectivity index (χ1) is 11.5. The number of Topliss-reactive ketones (excluding diaryl/α,β-unsaturated/α-hetero) is 1. The van der Waals surface area contributed by atoms with Crippen LogP contribution in [0.5, 0.6) is 0 Å². The average molecular weight is 363 g/mol. The molecule has 0 atom stereocenters. The Morgan fingerprint density at radius 3 is 2.40 bits per heavy atom. The smallest absolute Gasteiger partial charge is 0.194 e. The van der Waals surface area contributed by atoms with Gasteiger partial charge in [0.1, 0.15) is 0 Å². The molecule has 1 saturated heterocycles. The lowest BCUT2D eigenvalue weighted by molar-refractivity contribution is 0.0369. The molecule has 3 rings (SSSR count). The van der Waals surface area contributed by atoms with Crippen LogP contribution in [0.4, 0.5) is 0 Å². The summed E-state index contributed by atoms with van der Waals surface area (Å²) in [4.78, 5) is 27.1. The van der Waals surface area contributed by atoms with Gasteiger partial charge in [0.05, 0.1) is 25.5 Å². The van der Waals surface area contributed by atoms with E-state index in [0.29, 0.717) is 41.6 Å². The van der Waals surface area contributed by atoms with Gasteiger partial charge in [0.15, 0.2) is 11.6 Å². The molecular formula is C19H23ClN2O3. The summed E-state index contributed by atoms with van der Waals surface area (Å²) in [6.45, 7) is 3.16. The van der Waals surface area contributed by atoms with Crippen molar-refractivity contribution in [2.45, 2.75) is 7.43 Å². The molecule has 0 radical (unpaired) electrons. The van der Waals surface area contributed by atoms with E-state index in [1.807, 2.05) is 0 Å². The zero-order valence-electron chi connectivity index (χ0n) is 13.5. The highest BCUT2D eigenvalue weighted by Gasteiger charge is 2.20. The van der Waals surface area contributed by atoms with Crippen LogP contribution < -0.4 is 0 Å². The molecule has 0 N–H and O–H groups in total. The van der Waals surface area contributed by atoms with E-state index in [0.717, 1.165) is 13.1 Å². The Hall–Kier alpha value is -1.95. The first-order valence-electron chi connectivity index (χ1n) is 7.84.